The number of hydrogen-bond acceptors (Lipinski definition) is 4. The van der Waals surface area contributed by atoms with Gasteiger partial charge in [-0.25, -0.2) is 4.98 Å². The molecule has 2 aliphatic carbocycles. The number of amides is 1. The summed E-state index contributed by atoms with van der Waals surface area (Å²) in [6.07, 6.45) is 21.2. The molecule has 4 rings (SSSR count). The summed E-state index contributed by atoms with van der Waals surface area (Å²) in [7, 11) is 1.76. The molecule has 3 atom stereocenters. The maximum atomic E-state index is 13.3. The zero-order valence-electron chi connectivity index (χ0n) is 19.8. The first-order valence-electron chi connectivity index (χ1n) is 12.9. The Morgan fingerprint density at radius 2 is 2.00 bits per heavy atom. The number of carbonyl (C=O) groups is 1. The number of rotatable bonds is 10. The van der Waals surface area contributed by atoms with Gasteiger partial charge in [0, 0.05) is 32.0 Å². The Morgan fingerprint density at radius 3 is 2.72 bits per heavy atom. The minimum absolute atomic E-state index is 0.119. The van der Waals surface area contributed by atoms with Gasteiger partial charge in [-0.3, -0.25) is 15.1 Å². The number of aromatic nitrogens is 2. The van der Waals surface area contributed by atoms with Crippen LogP contribution in [0.2, 0.25) is 0 Å². The van der Waals surface area contributed by atoms with Crippen molar-refractivity contribution in [1.29, 1.82) is 5.41 Å². The first-order valence-corrected chi connectivity index (χ1v) is 12.9. The monoisotopic (exact) mass is 442 g/mol. The highest BCUT2D eigenvalue weighted by Crippen LogP contribution is 2.38. The molecule has 0 aromatic carbocycles. The summed E-state index contributed by atoms with van der Waals surface area (Å²) in [4.78, 5) is 18.9. The van der Waals surface area contributed by atoms with Crippen molar-refractivity contribution in [3.63, 3.8) is 0 Å². The van der Waals surface area contributed by atoms with Crippen LogP contribution in [0, 0.1) is 17.2 Å². The molecule has 0 unspecified atom stereocenters. The topological polar surface area (TPSA) is 86.0 Å². The van der Waals surface area contributed by atoms with Crippen LogP contribution in [0.4, 0.5) is 0 Å². The van der Waals surface area contributed by atoms with Crippen LogP contribution < -0.4 is 10.6 Å². The molecule has 3 fully saturated rings. The van der Waals surface area contributed by atoms with E-state index in [0.717, 1.165) is 51.1 Å². The van der Waals surface area contributed by atoms with E-state index in [1.165, 1.54) is 56.3 Å². The molecule has 1 amide bonds. The smallest absolute Gasteiger partial charge is 0.254 e. The molecule has 2 heterocycles. The Morgan fingerprint density at radius 1 is 1.19 bits per heavy atom. The number of aryl methyl sites for hydroxylation is 1. The molecule has 3 N–H and O–H groups in total. The number of carbonyl (C=O) groups excluding carboxylic acids is 1. The molecule has 0 spiro atoms. The average molecular weight is 443 g/mol. The van der Waals surface area contributed by atoms with E-state index in [2.05, 4.69) is 20.2 Å². The highest BCUT2D eigenvalue weighted by molar-refractivity contribution is 6.07. The Bertz CT molecular complexity index is 744. The number of nitrogens with one attached hydrogen (secondary N) is 3. The molecular formula is C25H42N6O. The second kappa shape index (κ2) is 10.8. The van der Waals surface area contributed by atoms with E-state index < -0.39 is 5.54 Å². The summed E-state index contributed by atoms with van der Waals surface area (Å²) >= 11 is 0. The predicted molar refractivity (Wildman–Crippen MR) is 127 cm³/mol. The van der Waals surface area contributed by atoms with Crippen molar-refractivity contribution in [3.05, 3.63) is 18.7 Å². The molecule has 1 saturated heterocycles. The summed E-state index contributed by atoms with van der Waals surface area (Å²) in [6.45, 7) is 2.02. The molecule has 1 aliphatic heterocycles. The molecule has 1 aromatic heterocycles. The van der Waals surface area contributed by atoms with Gasteiger partial charge in [-0.2, -0.15) is 0 Å². The number of hydrogen-bond donors (Lipinski definition) is 3. The third-order valence-electron chi connectivity index (χ3n) is 8.12. The van der Waals surface area contributed by atoms with Gasteiger partial charge in [0.25, 0.3) is 5.91 Å². The molecule has 178 valence electrons. The Balaban J connectivity index is 1.30. The number of imidazole rings is 1. The summed E-state index contributed by atoms with van der Waals surface area (Å²) in [5.41, 5.74) is -0.558. The molecule has 1 aromatic rings. The summed E-state index contributed by atoms with van der Waals surface area (Å²) in [5.74, 6) is 1.70. The van der Waals surface area contributed by atoms with Gasteiger partial charge >= 0.3 is 0 Å². The van der Waals surface area contributed by atoms with Crippen molar-refractivity contribution in [3.8, 4) is 0 Å². The van der Waals surface area contributed by atoms with Crippen LogP contribution in [0.15, 0.2) is 18.7 Å². The van der Waals surface area contributed by atoms with Gasteiger partial charge in [-0.15, -0.1) is 0 Å². The Labute approximate surface area is 193 Å². The first-order chi connectivity index (χ1) is 15.6. The van der Waals surface area contributed by atoms with E-state index in [0.29, 0.717) is 12.0 Å². The van der Waals surface area contributed by atoms with E-state index in [-0.39, 0.29) is 11.9 Å². The molecule has 3 aliphatic rings. The predicted octanol–water partition coefficient (Wildman–Crippen LogP) is 3.91. The van der Waals surface area contributed by atoms with Gasteiger partial charge < -0.3 is 15.2 Å². The third-order valence-corrected chi connectivity index (χ3v) is 8.12. The highest BCUT2D eigenvalue weighted by atomic mass is 16.2. The number of nitrogens with zero attached hydrogens (tertiary/aromatic N) is 3. The zero-order valence-corrected chi connectivity index (χ0v) is 19.8. The first kappa shape index (κ1) is 23.3. The van der Waals surface area contributed by atoms with Crippen LogP contribution in [0.25, 0.3) is 0 Å². The standard InChI is InChI=1S/C25H42N6O/c1-30-23(32)25(29-24(30)26,12-11-20-7-3-2-4-8-20)18-21-9-5-10-22(17-21)28-13-6-15-31-16-14-27-19-31/h14,16,19-22,28H,2-13,15,17-18H2,1H3,(H2,26,29)/t21-,22-,25-/m1/s1. The molecule has 32 heavy (non-hydrogen) atoms. The van der Waals surface area contributed by atoms with Crippen molar-refractivity contribution in [1.82, 2.24) is 25.1 Å². The number of likely N-dealkylation sites (N-methyl/N-ethyl adjacent to an activating group) is 1. The Hall–Kier alpha value is -1.89. The van der Waals surface area contributed by atoms with Gasteiger partial charge in [-0.05, 0) is 56.9 Å². The van der Waals surface area contributed by atoms with Crippen molar-refractivity contribution >= 4 is 11.9 Å². The second-order valence-electron chi connectivity index (χ2n) is 10.5. The highest BCUT2D eigenvalue weighted by Gasteiger charge is 2.49. The zero-order chi connectivity index (χ0) is 22.4. The minimum atomic E-state index is -0.558. The van der Waals surface area contributed by atoms with Gasteiger partial charge in [0.05, 0.1) is 6.33 Å². The molecular weight excluding hydrogens is 400 g/mol. The molecule has 0 radical (unpaired) electrons. The van der Waals surface area contributed by atoms with Crippen molar-refractivity contribution in [2.45, 2.75) is 102 Å². The van der Waals surface area contributed by atoms with Gasteiger partial charge in [0.2, 0.25) is 0 Å². The fraction of sp³-hybridized carbons (Fsp3) is 0.800. The van der Waals surface area contributed by atoms with Gasteiger partial charge in [-0.1, -0.05) is 44.9 Å². The Kier molecular flexibility index (Phi) is 7.87. The van der Waals surface area contributed by atoms with E-state index in [4.69, 9.17) is 5.41 Å². The van der Waals surface area contributed by atoms with Crippen molar-refractivity contribution in [2.75, 3.05) is 13.6 Å². The normalized spacial score (nSPS) is 29.5. The molecule has 7 heteroatoms. The van der Waals surface area contributed by atoms with Gasteiger partial charge in [0.15, 0.2) is 5.96 Å². The lowest BCUT2D eigenvalue weighted by molar-refractivity contribution is -0.131. The third kappa shape index (κ3) is 5.72. The lowest BCUT2D eigenvalue weighted by Gasteiger charge is -2.37. The van der Waals surface area contributed by atoms with E-state index >= 15 is 0 Å². The van der Waals surface area contributed by atoms with E-state index in [1.54, 1.807) is 7.05 Å². The fourth-order valence-corrected chi connectivity index (χ4v) is 6.26. The van der Waals surface area contributed by atoms with Crippen LogP contribution in [0.1, 0.15) is 83.5 Å². The van der Waals surface area contributed by atoms with E-state index in [1.807, 2.05) is 18.7 Å². The number of guanidine groups is 1. The van der Waals surface area contributed by atoms with Crippen molar-refractivity contribution in [2.24, 2.45) is 11.8 Å². The van der Waals surface area contributed by atoms with Crippen molar-refractivity contribution < 1.29 is 4.79 Å². The largest absolute Gasteiger partial charge is 0.342 e. The van der Waals surface area contributed by atoms with Crippen LogP contribution in [0.5, 0.6) is 0 Å². The quantitative estimate of drug-likeness (QED) is 0.480. The lowest BCUT2D eigenvalue weighted by Crippen LogP contribution is -2.50. The lowest BCUT2D eigenvalue weighted by atomic mass is 9.74. The van der Waals surface area contributed by atoms with Crippen LogP contribution in [-0.2, 0) is 11.3 Å². The van der Waals surface area contributed by atoms with Crippen LogP contribution in [0.3, 0.4) is 0 Å². The summed E-state index contributed by atoms with van der Waals surface area (Å²) in [5, 5.41) is 15.4. The summed E-state index contributed by atoms with van der Waals surface area (Å²) in [6, 6.07) is 0.542. The molecule has 0 bridgehead atoms. The SMILES string of the molecule is CN1C(=N)N[C@](CCC2CCCCC2)(C[C@@H]2CCC[C@@H](NCCCn3ccnc3)C2)C1=O. The molecule has 2 saturated carbocycles. The maximum Gasteiger partial charge on any atom is 0.254 e. The van der Waals surface area contributed by atoms with E-state index in [9.17, 15) is 4.79 Å². The second-order valence-corrected chi connectivity index (χ2v) is 10.5. The molecule has 7 nitrogen and oxygen atoms in total. The van der Waals surface area contributed by atoms with Gasteiger partial charge in [0.1, 0.15) is 5.54 Å². The minimum Gasteiger partial charge on any atom is -0.342 e. The van der Waals surface area contributed by atoms with Crippen LogP contribution in [-0.4, -0.2) is 51.5 Å². The van der Waals surface area contributed by atoms with Crippen LogP contribution >= 0.6 is 0 Å². The fourth-order valence-electron chi connectivity index (χ4n) is 6.26. The summed E-state index contributed by atoms with van der Waals surface area (Å²) < 4.78 is 2.13. The maximum absolute atomic E-state index is 13.3. The average Bonchev–Trinajstić information content (AvgIpc) is 3.40.